The molecule has 0 spiro atoms. The standard InChI is InChI=1S/C11H16BrFN2O/c1-2-7(3-4-16)15-11-6-9(13)8(12)5-10(11)14/h5-7,15-16H,2-4,14H2,1H3. The van der Waals surface area contributed by atoms with Crippen LogP contribution in [0.5, 0.6) is 0 Å². The molecule has 0 bridgehead atoms. The SMILES string of the molecule is CCC(CCO)Nc1cc(F)c(Br)cc1N. The molecule has 3 nitrogen and oxygen atoms in total. The lowest BCUT2D eigenvalue weighted by Crippen LogP contribution is -2.20. The molecule has 0 heterocycles. The van der Waals surface area contributed by atoms with Crippen LogP contribution in [0.4, 0.5) is 15.8 Å². The summed E-state index contributed by atoms with van der Waals surface area (Å²) in [6, 6.07) is 3.00. The van der Waals surface area contributed by atoms with Crippen molar-refractivity contribution in [3.05, 3.63) is 22.4 Å². The lowest BCUT2D eigenvalue weighted by molar-refractivity contribution is 0.278. The molecule has 1 aromatic rings. The molecule has 1 aromatic carbocycles. The fraction of sp³-hybridized carbons (Fsp3) is 0.455. The van der Waals surface area contributed by atoms with Crippen molar-refractivity contribution in [2.45, 2.75) is 25.8 Å². The lowest BCUT2D eigenvalue weighted by Gasteiger charge is -2.18. The van der Waals surface area contributed by atoms with E-state index in [1.54, 1.807) is 0 Å². The van der Waals surface area contributed by atoms with Gasteiger partial charge in [0.05, 0.1) is 15.8 Å². The number of nitrogens with one attached hydrogen (secondary N) is 1. The second-order valence-electron chi connectivity index (χ2n) is 3.62. The van der Waals surface area contributed by atoms with Gasteiger partial charge in [-0.1, -0.05) is 6.92 Å². The number of aliphatic hydroxyl groups excluding tert-OH is 1. The molecule has 0 aliphatic heterocycles. The fourth-order valence-electron chi connectivity index (χ4n) is 1.44. The summed E-state index contributed by atoms with van der Waals surface area (Å²) in [7, 11) is 0. The van der Waals surface area contributed by atoms with E-state index < -0.39 is 0 Å². The fourth-order valence-corrected chi connectivity index (χ4v) is 1.80. The monoisotopic (exact) mass is 290 g/mol. The lowest BCUT2D eigenvalue weighted by atomic mass is 10.1. The van der Waals surface area contributed by atoms with Crippen molar-refractivity contribution in [3.63, 3.8) is 0 Å². The first kappa shape index (κ1) is 13.3. The highest BCUT2D eigenvalue weighted by atomic mass is 79.9. The Morgan fingerprint density at radius 3 is 2.81 bits per heavy atom. The van der Waals surface area contributed by atoms with Gasteiger partial charge in [-0.25, -0.2) is 4.39 Å². The Hall–Kier alpha value is -0.810. The molecule has 1 rings (SSSR count). The highest BCUT2D eigenvalue weighted by Crippen LogP contribution is 2.27. The summed E-state index contributed by atoms with van der Waals surface area (Å²) in [6.45, 7) is 2.10. The predicted molar refractivity (Wildman–Crippen MR) is 67.9 cm³/mol. The Kier molecular flexibility index (Phi) is 5.02. The van der Waals surface area contributed by atoms with Crippen molar-refractivity contribution < 1.29 is 9.50 Å². The zero-order valence-corrected chi connectivity index (χ0v) is 10.7. The van der Waals surface area contributed by atoms with Gasteiger partial charge in [0, 0.05) is 18.7 Å². The Labute approximate surface area is 103 Å². The number of rotatable bonds is 5. The topological polar surface area (TPSA) is 58.3 Å². The Morgan fingerprint density at radius 2 is 2.25 bits per heavy atom. The molecule has 1 atom stereocenters. The number of anilines is 2. The van der Waals surface area contributed by atoms with Crippen LogP contribution in [0.15, 0.2) is 16.6 Å². The Morgan fingerprint density at radius 1 is 1.56 bits per heavy atom. The molecule has 0 amide bonds. The first-order chi connectivity index (χ1) is 7.58. The van der Waals surface area contributed by atoms with E-state index in [1.807, 2.05) is 6.92 Å². The van der Waals surface area contributed by atoms with Crippen LogP contribution in [0.3, 0.4) is 0 Å². The first-order valence-electron chi connectivity index (χ1n) is 5.20. The third kappa shape index (κ3) is 3.35. The minimum absolute atomic E-state index is 0.102. The van der Waals surface area contributed by atoms with Gasteiger partial charge in [-0.3, -0.25) is 0 Å². The normalized spacial score (nSPS) is 12.5. The summed E-state index contributed by atoms with van der Waals surface area (Å²) >= 11 is 3.07. The van der Waals surface area contributed by atoms with E-state index in [1.165, 1.54) is 12.1 Å². The summed E-state index contributed by atoms with van der Waals surface area (Å²) < 4.78 is 13.7. The molecule has 0 saturated heterocycles. The van der Waals surface area contributed by atoms with Crippen molar-refractivity contribution >= 4 is 27.3 Å². The van der Waals surface area contributed by atoms with E-state index in [0.717, 1.165) is 6.42 Å². The van der Waals surface area contributed by atoms with Crippen molar-refractivity contribution in [3.8, 4) is 0 Å². The van der Waals surface area contributed by atoms with Gasteiger partial charge >= 0.3 is 0 Å². The number of hydrogen-bond donors (Lipinski definition) is 3. The molecule has 0 aromatic heterocycles. The van der Waals surface area contributed by atoms with Crippen LogP contribution >= 0.6 is 15.9 Å². The molecular weight excluding hydrogens is 275 g/mol. The quantitative estimate of drug-likeness (QED) is 0.731. The summed E-state index contributed by atoms with van der Waals surface area (Å²) in [5.41, 5.74) is 6.83. The van der Waals surface area contributed by atoms with E-state index in [4.69, 9.17) is 10.8 Å². The van der Waals surface area contributed by atoms with Gasteiger partial charge in [0.25, 0.3) is 0 Å². The molecule has 1 unspecified atom stereocenters. The number of halogens is 2. The number of nitrogen functional groups attached to an aromatic ring is 1. The molecule has 16 heavy (non-hydrogen) atoms. The predicted octanol–water partition coefficient (Wildman–Crippen LogP) is 2.74. The summed E-state index contributed by atoms with van der Waals surface area (Å²) in [5.74, 6) is -0.351. The number of hydrogen-bond acceptors (Lipinski definition) is 3. The van der Waals surface area contributed by atoms with Gasteiger partial charge in [-0.05, 0) is 34.8 Å². The van der Waals surface area contributed by atoms with Gasteiger partial charge in [-0.15, -0.1) is 0 Å². The molecular formula is C11H16BrFN2O. The highest BCUT2D eigenvalue weighted by Gasteiger charge is 2.10. The van der Waals surface area contributed by atoms with Crippen LogP contribution in [-0.2, 0) is 0 Å². The molecule has 0 fully saturated rings. The van der Waals surface area contributed by atoms with E-state index >= 15 is 0 Å². The van der Waals surface area contributed by atoms with Crippen molar-refractivity contribution in [2.24, 2.45) is 0 Å². The van der Waals surface area contributed by atoms with Crippen LogP contribution in [-0.4, -0.2) is 17.8 Å². The zero-order chi connectivity index (χ0) is 12.1. The second-order valence-corrected chi connectivity index (χ2v) is 4.47. The Balaban J connectivity index is 2.83. The van der Waals surface area contributed by atoms with Crippen LogP contribution in [0, 0.1) is 5.82 Å². The third-order valence-corrected chi connectivity index (χ3v) is 3.03. The molecule has 4 N–H and O–H groups in total. The summed E-state index contributed by atoms with van der Waals surface area (Å²) in [6.07, 6.45) is 1.46. The first-order valence-corrected chi connectivity index (χ1v) is 5.99. The minimum Gasteiger partial charge on any atom is -0.397 e. The molecule has 0 aliphatic carbocycles. The maximum absolute atomic E-state index is 13.3. The number of nitrogens with two attached hydrogens (primary N) is 1. The maximum Gasteiger partial charge on any atom is 0.139 e. The maximum atomic E-state index is 13.3. The largest absolute Gasteiger partial charge is 0.397 e. The average Bonchev–Trinajstić information content (AvgIpc) is 2.25. The average molecular weight is 291 g/mol. The molecule has 0 saturated carbocycles. The van der Waals surface area contributed by atoms with Crippen molar-refractivity contribution in [2.75, 3.05) is 17.7 Å². The van der Waals surface area contributed by atoms with Gasteiger partial charge in [0.15, 0.2) is 0 Å². The minimum atomic E-state index is -0.351. The van der Waals surface area contributed by atoms with E-state index in [9.17, 15) is 4.39 Å². The molecule has 0 aliphatic rings. The number of aliphatic hydroxyl groups is 1. The zero-order valence-electron chi connectivity index (χ0n) is 9.13. The number of benzene rings is 1. The van der Waals surface area contributed by atoms with E-state index in [-0.39, 0.29) is 18.5 Å². The van der Waals surface area contributed by atoms with Gasteiger partial charge in [0.1, 0.15) is 5.82 Å². The van der Waals surface area contributed by atoms with Crippen LogP contribution in [0.25, 0.3) is 0 Å². The van der Waals surface area contributed by atoms with Gasteiger partial charge in [0.2, 0.25) is 0 Å². The van der Waals surface area contributed by atoms with Crippen molar-refractivity contribution in [1.29, 1.82) is 0 Å². The van der Waals surface area contributed by atoms with Gasteiger partial charge < -0.3 is 16.2 Å². The molecule has 5 heteroatoms. The van der Waals surface area contributed by atoms with Crippen LogP contribution < -0.4 is 11.1 Å². The summed E-state index contributed by atoms with van der Waals surface area (Å²) in [4.78, 5) is 0. The third-order valence-electron chi connectivity index (χ3n) is 2.42. The second kappa shape index (κ2) is 6.06. The van der Waals surface area contributed by atoms with Gasteiger partial charge in [-0.2, -0.15) is 0 Å². The van der Waals surface area contributed by atoms with Crippen molar-refractivity contribution in [1.82, 2.24) is 0 Å². The smallest absolute Gasteiger partial charge is 0.139 e. The molecule has 90 valence electrons. The van der Waals surface area contributed by atoms with Crippen LogP contribution in [0.2, 0.25) is 0 Å². The summed E-state index contributed by atoms with van der Waals surface area (Å²) in [5, 5.41) is 12.0. The van der Waals surface area contributed by atoms with E-state index in [0.29, 0.717) is 22.3 Å². The highest BCUT2D eigenvalue weighted by molar-refractivity contribution is 9.10. The Bertz CT molecular complexity index is 360. The van der Waals surface area contributed by atoms with E-state index in [2.05, 4.69) is 21.2 Å². The van der Waals surface area contributed by atoms with Crippen LogP contribution in [0.1, 0.15) is 19.8 Å². The molecule has 0 radical (unpaired) electrons.